The van der Waals surface area contributed by atoms with Gasteiger partial charge in [-0.2, -0.15) is 0 Å². The number of benzene rings is 1. The molecule has 1 aliphatic heterocycles. The molecule has 2 aromatic rings. The van der Waals surface area contributed by atoms with Crippen LogP contribution in [0.25, 0.3) is 0 Å². The average Bonchev–Trinajstić information content (AvgIpc) is 2.62. The van der Waals surface area contributed by atoms with Gasteiger partial charge >= 0.3 is 0 Å². The predicted molar refractivity (Wildman–Crippen MR) is 87.1 cm³/mol. The van der Waals surface area contributed by atoms with Crippen molar-refractivity contribution in [1.29, 1.82) is 0 Å². The Morgan fingerprint density at radius 1 is 1.32 bits per heavy atom. The quantitative estimate of drug-likeness (QED) is 0.853. The fourth-order valence-electron chi connectivity index (χ4n) is 2.87. The van der Waals surface area contributed by atoms with Gasteiger partial charge in [-0.25, -0.2) is 18.7 Å². The third-order valence-corrected chi connectivity index (χ3v) is 4.17. The molecule has 1 aromatic carbocycles. The van der Waals surface area contributed by atoms with E-state index in [9.17, 15) is 13.6 Å². The minimum Gasteiger partial charge on any atom is -0.375 e. The van der Waals surface area contributed by atoms with Crippen molar-refractivity contribution >= 4 is 5.91 Å². The van der Waals surface area contributed by atoms with Gasteiger partial charge in [0, 0.05) is 24.5 Å². The Balaban J connectivity index is 1.62. The van der Waals surface area contributed by atoms with Crippen LogP contribution in [0.15, 0.2) is 30.6 Å². The van der Waals surface area contributed by atoms with Gasteiger partial charge in [-0.15, -0.1) is 0 Å². The van der Waals surface area contributed by atoms with Crippen molar-refractivity contribution in [1.82, 2.24) is 14.9 Å². The highest BCUT2D eigenvalue weighted by Gasteiger charge is 2.26. The Labute approximate surface area is 144 Å². The van der Waals surface area contributed by atoms with Gasteiger partial charge in [0.05, 0.1) is 18.3 Å². The lowest BCUT2D eigenvalue weighted by molar-refractivity contribution is -0.0248. The van der Waals surface area contributed by atoms with E-state index in [0.29, 0.717) is 32.5 Å². The molecule has 0 unspecified atom stereocenters. The first kappa shape index (κ1) is 17.4. The lowest BCUT2D eigenvalue weighted by Gasteiger charge is -2.33. The van der Waals surface area contributed by atoms with E-state index in [1.165, 1.54) is 11.2 Å². The molecule has 0 radical (unpaired) electrons. The third kappa shape index (κ3) is 4.36. The smallest absolute Gasteiger partial charge is 0.257 e. The zero-order valence-electron chi connectivity index (χ0n) is 13.9. The number of carbonyl (C=O) groups is 1. The van der Waals surface area contributed by atoms with E-state index in [2.05, 4.69) is 9.97 Å². The summed E-state index contributed by atoms with van der Waals surface area (Å²) in [5.74, 6) is -1.86. The van der Waals surface area contributed by atoms with Crippen LogP contribution in [0.3, 0.4) is 0 Å². The monoisotopic (exact) mass is 347 g/mol. The fraction of sp³-hybridized carbons (Fsp3) is 0.389. The second-order valence-electron chi connectivity index (χ2n) is 6.06. The molecule has 0 saturated carbocycles. The van der Waals surface area contributed by atoms with E-state index in [4.69, 9.17) is 4.74 Å². The summed E-state index contributed by atoms with van der Waals surface area (Å²) in [5.41, 5.74) is 1.57. The van der Waals surface area contributed by atoms with Crippen LogP contribution < -0.4 is 0 Å². The molecule has 0 bridgehead atoms. The summed E-state index contributed by atoms with van der Waals surface area (Å²) in [6.45, 7) is 2.98. The molecule has 0 aliphatic carbocycles. The largest absolute Gasteiger partial charge is 0.375 e. The van der Waals surface area contributed by atoms with Crippen LogP contribution in [0.1, 0.15) is 28.2 Å². The number of aryl methyl sites for hydroxylation is 2. The van der Waals surface area contributed by atoms with E-state index in [1.807, 2.05) is 13.0 Å². The van der Waals surface area contributed by atoms with Gasteiger partial charge in [0.2, 0.25) is 0 Å². The SMILES string of the molecule is Cc1cc(CC[C@H]2CN(C(=O)c3cc(F)ccc3F)CCO2)ncn1. The first-order valence-electron chi connectivity index (χ1n) is 8.16. The zero-order chi connectivity index (χ0) is 17.8. The second kappa shape index (κ2) is 7.65. The maximum absolute atomic E-state index is 13.8. The number of morpholine rings is 1. The Morgan fingerprint density at radius 3 is 2.96 bits per heavy atom. The van der Waals surface area contributed by atoms with Crippen LogP contribution >= 0.6 is 0 Å². The average molecular weight is 347 g/mol. The van der Waals surface area contributed by atoms with E-state index >= 15 is 0 Å². The zero-order valence-corrected chi connectivity index (χ0v) is 13.9. The van der Waals surface area contributed by atoms with Gasteiger partial charge in [0.1, 0.15) is 18.0 Å². The molecule has 0 spiro atoms. The van der Waals surface area contributed by atoms with E-state index < -0.39 is 17.5 Å². The number of nitrogens with zero attached hydrogens (tertiary/aromatic N) is 3. The summed E-state index contributed by atoms with van der Waals surface area (Å²) >= 11 is 0. The highest BCUT2D eigenvalue weighted by Crippen LogP contribution is 2.17. The molecule has 5 nitrogen and oxygen atoms in total. The van der Waals surface area contributed by atoms with Crippen LogP contribution in [0.2, 0.25) is 0 Å². The number of ether oxygens (including phenoxy) is 1. The summed E-state index contributed by atoms with van der Waals surface area (Å²) in [7, 11) is 0. The third-order valence-electron chi connectivity index (χ3n) is 4.17. The summed E-state index contributed by atoms with van der Waals surface area (Å²) in [6, 6.07) is 4.82. The summed E-state index contributed by atoms with van der Waals surface area (Å²) < 4.78 is 32.8. The number of halogens is 2. The van der Waals surface area contributed by atoms with Crippen molar-refractivity contribution in [3.05, 3.63) is 59.2 Å². The van der Waals surface area contributed by atoms with Crippen molar-refractivity contribution in [2.75, 3.05) is 19.7 Å². The van der Waals surface area contributed by atoms with Gasteiger partial charge in [0.15, 0.2) is 0 Å². The summed E-state index contributed by atoms with van der Waals surface area (Å²) in [4.78, 5) is 22.3. The topological polar surface area (TPSA) is 55.3 Å². The van der Waals surface area contributed by atoms with E-state index in [0.717, 1.165) is 29.6 Å². The number of hydrogen-bond donors (Lipinski definition) is 0. The molecule has 1 amide bonds. The van der Waals surface area contributed by atoms with E-state index in [1.54, 1.807) is 0 Å². The number of hydrogen-bond acceptors (Lipinski definition) is 4. The molecule has 0 N–H and O–H groups in total. The van der Waals surface area contributed by atoms with Crippen molar-refractivity contribution in [2.45, 2.75) is 25.9 Å². The minimum atomic E-state index is -0.717. The molecule has 132 valence electrons. The Bertz CT molecular complexity index is 770. The molecular weight excluding hydrogens is 328 g/mol. The normalized spacial score (nSPS) is 17.6. The molecule has 7 heteroatoms. The first-order valence-corrected chi connectivity index (χ1v) is 8.16. The van der Waals surface area contributed by atoms with Crippen LogP contribution in [0, 0.1) is 18.6 Å². The van der Waals surface area contributed by atoms with Crippen LogP contribution in [-0.2, 0) is 11.2 Å². The van der Waals surface area contributed by atoms with Gasteiger partial charge in [-0.1, -0.05) is 0 Å². The van der Waals surface area contributed by atoms with Crippen LogP contribution in [-0.4, -0.2) is 46.6 Å². The highest BCUT2D eigenvalue weighted by molar-refractivity contribution is 5.94. The molecule has 2 heterocycles. The Kier molecular flexibility index (Phi) is 5.33. The highest BCUT2D eigenvalue weighted by atomic mass is 19.1. The molecule has 1 atom stereocenters. The molecule has 3 rings (SSSR count). The van der Waals surface area contributed by atoms with Gasteiger partial charge in [-0.05, 0) is 44.0 Å². The summed E-state index contributed by atoms with van der Waals surface area (Å²) in [5, 5.41) is 0. The van der Waals surface area contributed by atoms with E-state index in [-0.39, 0.29) is 11.7 Å². The Hall–Kier alpha value is -2.41. The number of aromatic nitrogens is 2. The van der Waals surface area contributed by atoms with Crippen LogP contribution in [0.4, 0.5) is 8.78 Å². The number of carbonyl (C=O) groups excluding carboxylic acids is 1. The fourth-order valence-corrected chi connectivity index (χ4v) is 2.87. The van der Waals surface area contributed by atoms with Crippen molar-refractivity contribution < 1.29 is 18.3 Å². The van der Waals surface area contributed by atoms with Gasteiger partial charge in [-0.3, -0.25) is 4.79 Å². The Morgan fingerprint density at radius 2 is 2.16 bits per heavy atom. The second-order valence-corrected chi connectivity index (χ2v) is 6.06. The number of rotatable bonds is 4. The van der Waals surface area contributed by atoms with Crippen molar-refractivity contribution in [3.63, 3.8) is 0 Å². The maximum Gasteiger partial charge on any atom is 0.257 e. The molecule has 25 heavy (non-hydrogen) atoms. The van der Waals surface area contributed by atoms with Crippen molar-refractivity contribution in [2.24, 2.45) is 0 Å². The molecule has 1 aliphatic rings. The van der Waals surface area contributed by atoms with Crippen molar-refractivity contribution in [3.8, 4) is 0 Å². The number of amides is 1. The summed E-state index contributed by atoms with van der Waals surface area (Å²) in [6.07, 6.45) is 2.75. The lowest BCUT2D eigenvalue weighted by atomic mass is 10.1. The minimum absolute atomic E-state index is 0.162. The molecule has 1 saturated heterocycles. The predicted octanol–water partition coefficient (Wildman–Crippen LogP) is 2.54. The molecule has 1 aromatic heterocycles. The van der Waals surface area contributed by atoms with Crippen LogP contribution in [0.5, 0.6) is 0 Å². The van der Waals surface area contributed by atoms with Gasteiger partial charge in [0.25, 0.3) is 5.91 Å². The lowest BCUT2D eigenvalue weighted by Crippen LogP contribution is -2.46. The standard InChI is InChI=1S/C18H19F2N3O2/c1-12-8-14(22-11-21-12)3-4-15-10-23(6-7-25-15)18(24)16-9-13(19)2-5-17(16)20/h2,5,8-9,11,15H,3-4,6-7,10H2,1H3/t15-/m0/s1. The maximum atomic E-state index is 13.8. The molecule has 1 fully saturated rings. The van der Waals surface area contributed by atoms with Gasteiger partial charge < -0.3 is 9.64 Å². The molecular formula is C18H19F2N3O2. The first-order chi connectivity index (χ1) is 12.0.